The number of hydrogen-bond acceptors (Lipinski definition) is 3. The van der Waals surface area contributed by atoms with Crippen LogP contribution in [-0.2, 0) is 0 Å². The Hall–Kier alpha value is -1.61. The lowest BCUT2D eigenvalue weighted by Gasteiger charge is -2.19. The number of pyridine rings is 1. The van der Waals surface area contributed by atoms with Crippen LogP contribution >= 0.6 is 0 Å². The van der Waals surface area contributed by atoms with Crippen molar-refractivity contribution in [1.29, 1.82) is 0 Å². The maximum absolute atomic E-state index is 5.07. The molecule has 1 N–H and O–H groups in total. The first-order valence-electron chi connectivity index (χ1n) is 5.45. The zero-order valence-corrected chi connectivity index (χ0v) is 9.55. The number of furan rings is 1. The molecule has 0 amide bonds. The van der Waals surface area contributed by atoms with Crippen molar-refractivity contribution >= 4 is 0 Å². The maximum Gasteiger partial charge on any atom is 0.0950 e. The second kappa shape index (κ2) is 4.94. The standard InChI is InChI=1S/C13H16N2O/c1-10(12-4-3-6-14-8-12)15-11(2)13-5-7-16-9-13/h3-11,15H,1-2H3/t10-,11?/m1/s1. The van der Waals surface area contributed by atoms with Crippen molar-refractivity contribution < 1.29 is 4.42 Å². The van der Waals surface area contributed by atoms with Gasteiger partial charge in [-0.3, -0.25) is 4.98 Å². The van der Waals surface area contributed by atoms with Crippen LogP contribution in [0.25, 0.3) is 0 Å². The number of hydrogen-bond donors (Lipinski definition) is 1. The van der Waals surface area contributed by atoms with E-state index >= 15 is 0 Å². The summed E-state index contributed by atoms with van der Waals surface area (Å²) in [4.78, 5) is 4.12. The molecule has 16 heavy (non-hydrogen) atoms. The van der Waals surface area contributed by atoms with E-state index in [1.54, 1.807) is 18.7 Å². The van der Waals surface area contributed by atoms with Crippen molar-refractivity contribution in [2.75, 3.05) is 0 Å². The topological polar surface area (TPSA) is 38.1 Å². The summed E-state index contributed by atoms with van der Waals surface area (Å²) in [7, 11) is 0. The molecule has 3 heteroatoms. The Balaban J connectivity index is 2.00. The smallest absolute Gasteiger partial charge is 0.0950 e. The maximum atomic E-state index is 5.07. The van der Waals surface area contributed by atoms with Gasteiger partial charge >= 0.3 is 0 Å². The quantitative estimate of drug-likeness (QED) is 0.853. The molecule has 0 fully saturated rings. The minimum absolute atomic E-state index is 0.272. The second-order valence-electron chi connectivity index (χ2n) is 3.95. The molecule has 0 spiro atoms. The van der Waals surface area contributed by atoms with E-state index in [9.17, 15) is 0 Å². The van der Waals surface area contributed by atoms with Crippen molar-refractivity contribution in [2.45, 2.75) is 25.9 Å². The van der Waals surface area contributed by atoms with Crippen LogP contribution in [0.15, 0.2) is 47.5 Å². The third kappa shape index (κ3) is 2.49. The van der Waals surface area contributed by atoms with Gasteiger partial charge in [-0.05, 0) is 31.5 Å². The monoisotopic (exact) mass is 216 g/mol. The van der Waals surface area contributed by atoms with Gasteiger partial charge in [-0.15, -0.1) is 0 Å². The van der Waals surface area contributed by atoms with Crippen LogP contribution < -0.4 is 5.32 Å². The molecule has 0 saturated carbocycles. The van der Waals surface area contributed by atoms with Crippen molar-refractivity contribution in [3.8, 4) is 0 Å². The summed E-state index contributed by atoms with van der Waals surface area (Å²) < 4.78 is 5.07. The molecule has 0 bridgehead atoms. The molecule has 0 aliphatic heterocycles. The van der Waals surface area contributed by atoms with E-state index in [0.29, 0.717) is 0 Å². The van der Waals surface area contributed by atoms with Gasteiger partial charge in [0.2, 0.25) is 0 Å². The van der Waals surface area contributed by atoms with Crippen LogP contribution in [0.5, 0.6) is 0 Å². The highest BCUT2D eigenvalue weighted by atomic mass is 16.3. The van der Waals surface area contributed by atoms with Crippen molar-refractivity contribution in [3.05, 3.63) is 54.2 Å². The molecule has 0 aliphatic rings. The summed E-state index contributed by atoms with van der Waals surface area (Å²) in [6, 6.07) is 6.56. The number of nitrogens with one attached hydrogen (secondary N) is 1. The number of aromatic nitrogens is 1. The molecule has 84 valence electrons. The number of rotatable bonds is 4. The summed E-state index contributed by atoms with van der Waals surface area (Å²) in [5.74, 6) is 0. The van der Waals surface area contributed by atoms with Crippen LogP contribution in [0.3, 0.4) is 0 Å². The molecule has 2 atom stereocenters. The van der Waals surface area contributed by atoms with E-state index in [0.717, 1.165) is 5.56 Å². The Morgan fingerprint density at radius 2 is 2.00 bits per heavy atom. The lowest BCUT2D eigenvalue weighted by molar-refractivity contribution is 0.485. The predicted molar refractivity (Wildman–Crippen MR) is 62.9 cm³/mol. The molecule has 2 aromatic rings. The summed E-state index contributed by atoms with van der Waals surface area (Å²) in [5, 5.41) is 3.50. The molecular weight excluding hydrogens is 200 g/mol. The van der Waals surface area contributed by atoms with Crippen LogP contribution in [0.4, 0.5) is 0 Å². The minimum atomic E-state index is 0.272. The summed E-state index contributed by atoms with van der Waals surface area (Å²) in [5.41, 5.74) is 2.36. The first kappa shape index (κ1) is 10.9. The normalized spacial score (nSPS) is 14.6. The van der Waals surface area contributed by atoms with E-state index in [-0.39, 0.29) is 12.1 Å². The van der Waals surface area contributed by atoms with Crippen LogP contribution in [0, 0.1) is 0 Å². The van der Waals surface area contributed by atoms with E-state index in [1.165, 1.54) is 5.56 Å². The third-order valence-electron chi connectivity index (χ3n) is 2.73. The van der Waals surface area contributed by atoms with E-state index in [1.807, 2.05) is 18.3 Å². The zero-order valence-electron chi connectivity index (χ0n) is 9.55. The van der Waals surface area contributed by atoms with Crippen LogP contribution in [-0.4, -0.2) is 4.98 Å². The predicted octanol–water partition coefficient (Wildman–Crippen LogP) is 3.09. The van der Waals surface area contributed by atoms with E-state index in [2.05, 4.69) is 30.2 Å². The third-order valence-corrected chi connectivity index (χ3v) is 2.73. The Kier molecular flexibility index (Phi) is 3.37. The fourth-order valence-corrected chi connectivity index (χ4v) is 1.72. The second-order valence-corrected chi connectivity index (χ2v) is 3.95. The Morgan fingerprint density at radius 3 is 2.62 bits per heavy atom. The van der Waals surface area contributed by atoms with Crippen molar-refractivity contribution in [3.63, 3.8) is 0 Å². The van der Waals surface area contributed by atoms with Crippen LogP contribution in [0.1, 0.15) is 37.1 Å². The van der Waals surface area contributed by atoms with Gasteiger partial charge in [0, 0.05) is 30.0 Å². The molecule has 0 saturated heterocycles. The van der Waals surface area contributed by atoms with Gasteiger partial charge in [0.05, 0.1) is 12.5 Å². The van der Waals surface area contributed by atoms with Gasteiger partial charge in [-0.25, -0.2) is 0 Å². The van der Waals surface area contributed by atoms with Gasteiger partial charge < -0.3 is 9.73 Å². The SMILES string of the molecule is CC(N[C@H](C)c1cccnc1)c1ccoc1. The molecular formula is C13H16N2O. The Morgan fingerprint density at radius 1 is 1.19 bits per heavy atom. The summed E-state index contributed by atoms with van der Waals surface area (Å²) in [6.07, 6.45) is 7.14. The number of nitrogens with zero attached hydrogens (tertiary/aromatic N) is 1. The van der Waals surface area contributed by atoms with Gasteiger partial charge in [-0.2, -0.15) is 0 Å². The molecule has 0 aliphatic carbocycles. The minimum Gasteiger partial charge on any atom is -0.472 e. The molecule has 0 radical (unpaired) electrons. The highest BCUT2D eigenvalue weighted by Crippen LogP contribution is 2.18. The Labute approximate surface area is 95.5 Å². The fraction of sp³-hybridized carbons (Fsp3) is 0.308. The highest BCUT2D eigenvalue weighted by molar-refractivity contribution is 5.15. The average Bonchev–Trinajstić information content (AvgIpc) is 2.83. The van der Waals surface area contributed by atoms with Gasteiger partial charge in [0.1, 0.15) is 0 Å². The Bertz CT molecular complexity index is 411. The first-order chi connectivity index (χ1) is 7.77. The molecule has 1 unspecified atom stereocenters. The highest BCUT2D eigenvalue weighted by Gasteiger charge is 2.11. The first-order valence-corrected chi connectivity index (χ1v) is 5.45. The van der Waals surface area contributed by atoms with Gasteiger partial charge in [0.15, 0.2) is 0 Å². The fourth-order valence-electron chi connectivity index (χ4n) is 1.72. The van der Waals surface area contributed by atoms with E-state index in [4.69, 9.17) is 4.42 Å². The molecule has 3 nitrogen and oxygen atoms in total. The molecule has 2 rings (SSSR count). The average molecular weight is 216 g/mol. The van der Waals surface area contributed by atoms with Crippen molar-refractivity contribution in [2.24, 2.45) is 0 Å². The summed E-state index contributed by atoms with van der Waals surface area (Å²) >= 11 is 0. The van der Waals surface area contributed by atoms with Crippen molar-refractivity contribution in [1.82, 2.24) is 10.3 Å². The molecule has 0 aromatic carbocycles. The van der Waals surface area contributed by atoms with Crippen LogP contribution in [0.2, 0.25) is 0 Å². The summed E-state index contributed by atoms with van der Waals surface area (Å²) in [6.45, 7) is 4.26. The molecule has 2 aromatic heterocycles. The zero-order chi connectivity index (χ0) is 11.4. The van der Waals surface area contributed by atoms with E-state index < -0.39 is 0 Å². The van der Waals surface area contributed by atoms with Gasteiger partial charge in [-0.1, -0.05) is 6.07 Å². The largest absolute Gasteiger partial charge is 0.472 e. The lowest BCUT2D eigenvalue weighted by atomic mass is 10.1. The lowest BCUT2D eigenvalue weighted by Crippen LogP contribution is -2.22. The van der Waals surface area contributed by atoms with Gasteiger partial charge in [0.25, 0.3) is 0 Å². The molecule has 2 heterocycles.